The minimum atomic E-state index is -3.22. The van der Waals surface area contributed by atoms with Crippen molar-refractivity contribution in [2.24, 2.45) is 0 Å². The molecule has 1 unspecified atom stereocenters. The van der Waals surface area contributed by atoms with Crippen molar-refractivity contribution in [1.29, 1.82) is 0 Å². The molecule has 3 aromatic rings. The second-order valence-corrected chi connectivity index (χ2v) is 11.5. The van der Waals surface area contributed by atoms with E-state index < -0.39 is 16.1 Å². The summed E-state index contributed by atoms with van der Waals surface area (Å²) < 4.78 is 32.0. The van der Waals surface area contributed by atoms with Gasteiger partial charge in [-0.1, -0.05) is 29.8 Å². The van der Waals surface area contributed by atoms with Gasteiger partial charge >= 0.3 is 6.09 Å². The van der Waals surface area contributed by atoms with Crippen LogP contribution in [0.25, 0.3) is 0 Å². The molecular weight excluding hydrogens is 504 g/mol. The molecule has 1 saturated carbocycles. The summed E-state index contributed by atoms with van der Waals surface area (Å²) >= 11 is 6.32. The Hall–Kier alpha value is -3.41. The Morgan fingerprint density at radius 3 is 2.64 bits per heavy atom. The highest BCUT2D eigenvalue weighted by molar-refractivity contribution is 7.90. The van der Waals surface area contributed by atoms with Gasteiger partial charge in [-0.15, -0.1) is 0 Å². The van der Waals surface area contributed by atoms with Crippen LogP contribution in [0.3, 0.4) is 0 Å². The van der Waals surface area contributed by atoms with Crippen LogP contribution in [0.5, 0.6) is 0 Å². The third-order valence-corrected chi connectivity index (χ3v) is 8.64. The number of sulfonamides is 1. The Morgan fingerprint density at radius 1 is 1.08 bits per heavy atom. The molecule has 1 aromatic heterocycles. The number of benzene rings is 2. The Bertz CT molecular complexity index is 1450. The maximum absolute atomic E-state index is 12.0. The number of nitrogens with one attached hydrogen (secondary N) is 4. The molecule has 0 spiro atoms. The molecule has 36 heavy (non-hydrogen) atoms. The number of halogens is 1. The number of carbonyl (C=O) groups is 1. The SMILES string of the molecule is O=C1N[C@@H]2c3cc(Nc4ncc(Cl)c(Nc5ccc(CNS(=O)(=O)C6CC6)cc5)n4)ccc3CC2O1. The second kappa shape index (κ2) is 8.91. The first kappa shape index (κ1) is 23.0. The van der Waals surface area contributed by atoms with E-state index in [9.17, 15) is 13.2 Å². The fourth-order valence-electron chi connectivity index (χ4n) is 4.43. The van der Waals surface area contributed by atoms with Crippen LogP contribution in [0.2, 0.25) is 5.02 Å². The van der Waals surface area contributed by atoms with Crippen LogP contribution >= 0.6 is 11.6 Å². The molecule has 186 valence electrons. The van der Waals surface area contributed by atoms with Gasteiger partial charge in [0, 0.05) is 24.3 Å². The molecule has 12 heteroatoms. The molecule has 2 aliphatic carbocycles. The summed E-state index contributed by atoms with van der Waals surface area (Å²) in [5, 5.41) is 9.33. The van der Waals surface area contributed by atoms with Crippen LogP contribution < -0.4 is 20.7 Å². The van der Waals surface area contributed by atoms with E-state index in [2.05, 4.69) is 30.6 Å². The van der Waals surface area contributed by atoms with Gasteiger partial charge < -0.3 is 20.7 Å². The molecule has 2 heterocycles. The first-order valence-electron chi connectivity index (χ1n) is 11.6. The lowest BCUT2D eigenvalue weighted by molar-refractivity contribution is 0.136. The van der Waals surface area contributed by atoms with E-state index in [0.29, 0.717) is 23.2 Å². The molecule has 10 nitrogen and oxygen atoms in total. The highest BCUT2D eigenvalue weighted by Crippen LogP contribution is 2.38. The average Bonchev–Trinajstić information content (AvgIpc) is 3.59. The van der Waals surface area contributed by atoms with Crippen LogP contribution in [-0.2, 0) is 27.7 Å². The van der Waals surface area contributed by atoms with Crippen LogP contribution in [0, 0.1) is 0 Å². The van der Waals surface area contributed by atoms with Crippen molar-refractivity contribution in [1.82, 2.24) is 20.0 Å². The molecule has 6 rings (SSSR count). The molecule has 3 aliphatic rings. The van der Waals surface area contributed by atoms with Crippen LogP contribution in [0.4, 0.5) is 27.9 Å². The van der Waals surface area contributed by atoms with Crippen molar-refractivity contribution in [2.75, 3.05) is 10.6 Å². The van der Waals surface area contributed by atoms with E-state index in [1.54, 1.807) is 0 Å². The molecule has 2 atom stereocenters. The predicted octanol–water partition coefficient (Wildman–Crippen LogP) is 3.90. The second-order valence-electron chi connectivity index (χ2n) is 9.09. The number of hydrogen-bond acceptors (Lipinski definition) is 8. The smallest absolute Gasteiger partial charge is 0.408 e. The van der Waals surface area contributed by atoms with Gasteiger partial charge in [0.2, 0.25) is 16.0 Å². The lowest BCUT2D eigenvalue weighted by Gasteiger charge is -2.12. The normalized spacial score (nSPS) is 20.3. The summed E-state index contributed by atoms with van der Waals surface area (Å²) in [6, 6.07) is 13.1. The largest absolute Gasteiger partial charge is 0.443 e. The summed E-state index contributed by atoms with van der Waals surface area (Å²) in [6.45, 7) is 0.250. The number of alkyl carbamates (subject to hydrolysis) is 1. The summed E-state index contributed by atoms with van der Waals surface area (Å²) in [6.07, 6.45) is 3.10. The van der Waals surface area contributed by atoms with Crippen LogP contribution in [0.1, 0.15) is 35.6 Å². The number of fused-ring (bicyclic) bond motifs is 3. The lowest BCUT2D eigenvalue weighted by atomic mass is 10.1. The Morgan fingerprint density at radius 2 is 1.86 bits per heavy atom. The maximum atomic E-state index is 12.0. The quantitative estimate of drug-likeness (QED) is 0.347. The van der Waals surface area contributed by atoms with E-state index in [1.165, 1.54) is 6.20 Å². The molecule has 1 aliphatic heterocycles. The zero-order chi connectivity index (χ0) is 24.9. The van der Waals surface area contributed by atoms with E-state index in [1.807, 2.05) is 42.5 Å². The van der Waals surface area contributed by atoms with Crippen LogP contribution in [0.15, 0.2) is 48.7 Å². The van der Waals surface area contributed by atoms with Gasteiger partial charge in [-0.2, -0.15) is 4.98 Å². The van der Waals surface area contributed by atoms with Gasteiger partial charge in [0.05, 0.1) is 17.5 Å². The topological polar surface area (TPSA) is 134 Å². The van der Waals surface area contributed by atoms with E-state index in [-0.39, 0.29) is 23.9 Å². The zero-order valence-electron chi connectivity index (χ0n) is 19.0. The van der Waals surface area contributed by atoms with Crippen molar-refractivity contribution in [3.63, 3.8) is 0 Å². The molecule has 4 N–H and O–H groups in total. The Kier molecular flexibility index (Phi) is 5.70. The molecule has 0 bridgehead atoms. The third kappa shape index (κ3) is 4.69. The van der Waals surface area contributed by atoms with Gasteiger partial charge in [-0.25, -0.2) is 22.9 Å². The van der Waals surface area contributed by atoms with Gasteiger partial charge in [-0.3, -0.25) is 0 Å². The number of ether oxygens (including phenoxy) is 1. The van der Waals surface area contributed by atoms with E-state index in [4.69, 9.17) is 16.3 Å². The Balaban J connectivity index is 1.13. The molecule has 2 fully saturated rings. The monoisotopic (exact) mass is 526 g/mol. The fourth-order valence-corrected chi connectivity index (χ4v) is 5.93. The van der Waals surface area contributed by atoms with Gasteiger partial charge in [-0.05, 0) is 53.8 Å². The minimum absolute atomic E-state index is 0.149. The molecular formula is C24H23ClN6O4S. The summed E-state index contributed by atoms with van der Waals surface area (Å²) in [7, 11) is -3.22. The molecule has 2 aromatic carbocycles. The highest BCUT2D eigenvalue weighted by Gasteiger charge is 2.41. The fraction of sp³-hybridized carbons (Fsp3) is 0.292. The number of hydrogen-bond donors (Lipinski definition) is 4. The zero-order valence-corrected chi connectivity index (χ0v) is 20.6. The lowest BCUT2D eigenvalue weighted by Crippen LogP contribution is -2.26. The summed E-state index contributed by atoms with van der Waals surface area (Å²) in [5.41, 5.74) is 4.53. The first-order chi connectivity index (χ1) is 17.3. The number of carbonyl (C=O) groups excluding carboxylic acids is 1. The number of anilines is 4. The number of nitrogens with zero attached hydrogens (tertiary/aromatic N) is 2. The van der Waals surface area contributed by atoms with Crippen molar-refractivity contribution in [3.8, 4) is 0 Å². The van der Waals surface area contributed by atoms with E-state index >= 15 is 0 Å². The number of amides is 1. The molecule has 0 radical (unpaired) electrons. The Labute approximate surface area is 212 Å². The van der Waals surface area contributed by atoms with Gasteiger partial charge in [0.25, 0.3) is 0 Å². The van der Waals surface area contributed by atoms with Gasteiger partial charge in [0.15, 0.2) is 5.82 Å². The van der Waals surface area contributed by atoms with Gasteiger partial charge in [0.1, 0.15) is 11.1 Å². The van der Waals surface area contributed by atoms with Crippen molar-refractivity contribution in [3.05, 3.63) is 70.4 Å². The predicted molar refractivity (Wildman–Crippen MR) is 135 cm³/mol. The van der Waals surface area contributed by atoms with Crippen molar-refractivity contribution >= 4 is 50.9 Å². The summed E-state index contributed by atoms with van der Waals surface area (Å²) in [5.74, 6) is 0.781. The highest BCUT2D eigenvalue weighted by atomic mass is 35.5. The number of rotatable bonds is 8. The summed E-state index contributed by atoms with van der Waals surface area (Å²) in [4.78, 5) is 20.3. The van der Waals surface area contributed by atoms with Crippen molar-refractivity contribution in [2.45, 2.75) is 43.2 Å². The minimum Gasteiger partial charge on any atom is -0.443 e. The average molecular weight is 527 g/mol. The number of aromatic nitrogens is 2. The molecule has 1 saturated heterocycles. The van der Waals surface area contributed by atoms with E-state index in [0.717, 1.165) is 40.9 Å². The van der Waals surface area contributed by atoms with Crippen molar-refractivity contribution < 1.29 is 17.9 Å². The molecule has 1 amide bonds. The standard InChI is InChI=1S/C24H23ClN6O4S/c25-19-12-26-23(29-16-6-3-14-9-20-21(18(14)10-16)30-24(32)35-20)31-22(19)28-15-4-1-13(2-5-15)11-27-36(33,34)17-7-8-17/h1-6,10,12,17,20-21,27H,7-9,11H2,(H,30,32)(H2,26,28,29,31)/t20?,21-/m1/s1. The maximum Gasteiger partial charge on any atom is 0.408 e. The third-order valence-electron chi connectivity index (χ3n) is 6.46. The first-order valence-corrected chi connectivity index (χ1v) is 13.5. The van der Waals surface area contributed by atoms with Crippen LogP contribution in [-0.4, -0.2) is 35.8 Å².